The van der Waals surface area contributed by atoms with Gasteiger partial charge in [-0.25, -0.2) is 0 Å². The van der Waals surface area contributed by atoms with E-state index in [4.69, 9.17) is 0 Å². The van der Waals surface area contributed by atoms with E-state index in [1.807, 2.05) is 0 Å². The van der Waals surface area contributed by atoms with Crippen LogP contribution in [0.1, 0.15) is 22.3 Å². The Kier molecular flexibility index (Phi) is 4.44. The van der Waals surface area contributed by atoms with E-state index in [1.165, 1.54) is 66.1 Å². The molecule has 0 bridgehead atoms. The summed E-state index contributed by atoms with van der Waals surface area (Å²) in [6.07, 6.45) is 0. The van der Waals surface area contributed by atoms with Crippen molar-refractivity contribution in [3.05, 3.63) is 107 Å². The van der Waals surface area contributed by atoms with Crippen LogP contribution in [0.5, 0.6) is 0 Å². The molecule has 0 radical (unpaired) electrons. The number of fused-ring (bicyclic) bond motifs is 2. The van der Waals surface area contributed by atoms with Gasteiger partial charge in [-0.1, -0.05) is 96.1 Å². The standard InChI is InChI=1S/C30H26/c1-19-13-15-23(16-14-19)29-24-9-5-7-11-26(24)30(27-12-8-6-10-25(27)29)28-21(3)17-20(2)18-22(28)4/h5-18H,1-4H3. The number of benzene rings is 5. The van der Waals surface area contributed by atoms with Gasteiger partial charge in [0.15, 0.2) is 0 Å². The zero-order valence-corrected chi connectivity index (χ0v) is 18.1. The van der Waals surface area contributed by atoms with Crippen molar-refractivity contribution in [2.75, 3.05) is 0 Å². The van der Waals surface area contributed by atoms with Crippen molar-refractivity contribution in [2.45, 2.75) is 27.7 Å². The third-order valence-electron chi connectivity index (χ3n) is 6.20. The first kappa shape index (κ1) is 18.6. The molecule has 0 nitrogen and oxygen atoms in total. The van der Waals surface area contributed by atoms with Crippen LogP contribution in [0, 0.1) is 27.7 Å². The first-order valence-electron chi connectivity index (χ1n) is 10.6. The van der Waals surface area contributed by atoms with Crippen molar-refractivity contribution in [2.24, 2.45) is 0 Å². The minimum absolute atomic E-state index is 1.27. The third kappa shape index (κ3) is 2.92. The first-order valence-corrected chi connectivity index (χ1v) is 10.6. The second-order valence-corrected chi connectivity index (χ2v) is 8.48. The van der Waals surface area contributed by atoms with Crippen LogP contribution in [0.4, 0.5) is 0 Å². The van der Waals surface area contributed by atoms with Crippen molar-refractivity contribution in [1.29, 1.82) is 0 Å². The predicted molar refractivity (Wildman–Crippen MR) is 131 cm³/mol. The number of aryl methyl sites for hydroxylation is 4. The van der Waals surface area contributed by atoms with Crippen molar-refractivity contribution in [3.8, 4) is 22.3 Å². The molecule has 0 aromatic heterocycles. The maximum Gasteiger partial charge on any atom is -0.00210 e. The second kappa shape index (κ2) is 7.15. The zero-order chi connectivity index (χ0) is 20.8. The van der Waals surface area contributed by atoms with E-state index in [-0.39, 0.29) is 0 Å². The molecular formula is C30H26. The summed E-state index contributed by atoms with van der Waals surface area (Å²) in [5.74, 6) is 0. The van der Waals surface area contributed by atoms with Crippen molar-refractivity contribution in [3.63, 3.8) is 0 Å². The van der Waals surface area contributed by atoms with Crippen LogP contribution >= 0.6 is 0 Å². The van der Waals surface area contributed by atoms with Gasteiger partial charge in [0.2, 0.25) is 0 Å². The second-order valence-electron chi connectivity index (χ2n) is 8.48. The Morgan fingerprint density at radius 1 is 0.400 bits per heavy atom. The molecule has 30 heavy (non-hydrogen) atoms. The monoisotopic (exact) mass is 386 g/mol. The molecule has 5 rings (SSSR count). The van der Waals surface area contributed by atoms with E-state index in [1.54, 1.807) is 0 Å². The zero-order valence-electron chi connectivity index (χ0n) is 18.1. The quantitative estimate of drug-likeness (QED) is 0.267. The molecule has 0 aliphatic carbocycles. The summed E-state index contributed by atoms with van der Waals surface area (Å²) in [6.45, 7) is 8.81. The largest absolute Gasteiger partial charge is 0.0616 e. The van der Waals surface area contributed by atoms with Gasteiger partial charge in [-0.3, -0.25) is 0 Å². The van der Waals surface area contributed by atoms with Crippen molar-refractivity contribution < 1.29 is 0 Å². The molecule has 5 aromatic rings. The summed E-state index contributed by atoms with van der Waals surface area (Å²) in [5, 5.41) is 5.27. The molecule has 146 valence electrons. The summed E-state index contributed by atoms with van der Waals surface area (Å²) >= 11 is 0. The van der Waals surface area contributed by atoms with Gasteiger partial charge in [-0.2, -0.15) is 0 Å². The van der Waals surface area contributed by atoms with E-state index >= 15 is 0 Å². The Bertz CT molecular complexity index is 1320. The lowest BCUT2D eigenvalue weighted by molar-refractivity contribution is 1.33. The Balaban J connectivity index is 2.00. The molecule has 0 heteroatoms. The SMILES string of the molecule is Cc1ccc(-c2c3ccccc3c(-c3c(C)cc(C)cc3C)c3ccccc23)cc1. The lowest BCUT2D eigenvalue weighted by Crippen LogP contribution is -1.95. The highest BCUT2D eigenvalue weighted by Gasteiger charge is 2.18. The van der Waals surface area contributed by atoms with Gasteiger partial charge in [0.1, 0.15) is 0 Å². The molecule has 0 unspecified atom stereocenters. The summed E-state index contributed by atoms with van der Waals surface area (Å²) in [4.78, 5) is 0. The van der Waals surface area contributed by atoms with Crippen molar-refractivity contribution in [1.82, 2.24) is 0 Å². The van der Waals surface area contributed by atoms with E-state index in [9.17, 15) is 0 Å². The molecule has 5 aromatic carbocycles. The number of rotatable bonds is 2. The summed E-state index contributed by atoms with van der Waals surface area (Å²) in [5.41, 5.74) is 10.6. The Morgan fingerprint density at radius 3 is 1.30 bits per heavy atom. The molecule has 0 amide bonds. The highest BCUT2D eigenvalue weighted by Crippen LogP contribution is 2.45. The third-order valence-corrected chi connectivity index (χ3v) is 6.20. The summed E-state index contributed by atoms with van der Waals surface area (Å²) in [7, 11) is 0. The maximum absolute atomic E-state index is 2.31. The molecule has 0 saturated carbocycles. The molecule has 0 aliphatic rings. The van der Waals surface area contributed by atoms with Gasteiger partial charge in [0.05, 0.1) is 0 Å². The average molecular weight is 387 g/mol. The fraction of sp³-hybridized carbons (Fsp3) is 0.133. The van der Waals surface area contributed by atoms with Gasteiger partial charge in [0.25, 0.3) is 0 Å². The average Bonchev–Trinajstić information content (AvgIpc) is 2.73. The highest BCUT2D eigenvalue weighted by atomic mass is 14.2. The number of hydrogen-bond donors (Lipinski definition) is 0. The molecule has 0 N–H and O–H groups in total. The normalized spacial score (nSPS) is 11.3. The fourth-order valence-corrected chi connectivity index (χ4v) is 5.00. The minimum atomic E-state index is 1.27. The molecule has 0 heterocycles. The lowest BCUT2D eigenvalue weighted by Gasteiger charge is -2.20. The van der Waals surface area contributed by atoms with Crippen LogP contribution in [0.25, 0.3) is 43.8 Å². The molecular weight excluding hydrogens is 360 g/mol. The van der Waals surface area contributed by atoms with Crippen LogP contribution in [0.3, 0.4) is 0 Å². The van der Waals surface area contributed by atoms with E-state index in [0.29, 0.717) is 0 Å². The van der Waals surface area contributed by atoms with Crippen LogP contribution in [0.15, 0.2) is 84.9 Å². The van der Waals surface area contributed by atoms with Crippen LogP contribution in [0.2, 0.25) is 0 Å². The summed E-state index contributed by atoms with van der Waals surface area (Å²) in [6, 6.07) is 31.3. The molecule has 0 spiro atoms. The first-order chi connectivity index (χ1) is 14.5. The van der Waals surface area contributed by atoms with Gasteiger partial charge in [0, 0.05) is 0 Å². The topological polar surface area (TPSA) is 0 Å². The fourth-order valence-electron chi connectivity index (χ4n) is 5.00. The van der Waals surface area contributed by atoms with E-state index in [2.05, 4.69) is 113 Å². The van der Waals surface area contributed by atoms with Gasteiger partial charge >= 0.3 is 0 Å². The minimum Gasteiger partial charge on any atom is -0.0616 e. The maximum atomic E-state index is 2.31. The molecule has 0 saturated heterocycles. The Morgan fingerprint density at radius 2 is 0.833 bits per heavy atom. The Hall–Kier alpha value is -3.38. The van der Waals surface area contributed by atoms with Crippen LogP contribution in [-0.2, 0) is 0 Å². The smallest absolute Gasteiger partial charge is 0.00210 e. The van der Waals surface area contributed by atoms with Crippen molar-refractivity contribution >= 4 is 21.5 Å². The molecule has 0 fully saturated rings. The van der Waals surface area contributed by atoms with Crippen LogP contribution < -0.4 is 0 Å². The van der Waals surface area contributed by atoms with E-state index in [0.717, 1.165) is 0 Å². The predicted octanol–water partition coefficient (Wildman–Crippen LogP) is 8.56. The van der Waals surface area contributed by atoms with Gasteiger partial charge < -0.3 is 0 Å². The lowest BCUT2D eigenvalue weighted by atomic mass is 9.83. The van der Waals surface area contributed by atoms with E-state index < -0.39 is 0 Å². The molecule has 0 aliphatic heterocycles. The number of hydrogen-bond acceptors (Lipinski definition) is 0. The highest BCUT2D eigenvalue weighted by molar-refractivity contribution is 6.21. The Labute approximate surface area is 178 Å². The molecule has 0 atom stereocenters. The van der Waals surface area contributed by atoms with Gasteiger partial charge in [-0.15, -0.1) is 0 Å². The summed E-state index contributed by atoms with van der Waals surface area (Å²) < 4.78 is 0. The van der Waals surface area contributed by atoms with Gasteiger partial charge in [-0.05, 0) is 82.6 Å². The van der Waals surface area contributed by atoms with Crippen LogP contribution in [-0.4, -0.2) is 0 Å².